The minimum atomic E-state index is -0.303. The van der Waals surface area contributed by atoms with E-state index in [1.807, 2.05) is 37.4 Å². The Morgan fingerprint density at radius 3 is 2.87 bits per heavy atom. The summed E-state index contributed by atoms with van der Waals surface area (Å²) in [5.74, 6) is 0.538. The molecule has 164 valence electrons. The Hall–Kier alpha value is -3.17. The van der Waals surface area contributed by atoms with Crippen molar-refractivity contribution in [3.63, 3.8) is 0 Å². The van der Waals surface area contributed by atoms with Gasteiger partial charge in [-0.25, -0.2) is 4.79 Å². The maximum Gasteiger partial charge on any atom is 0.354 e. The maximum atomic E-state index is 12.6. The van der Waals surface area contributed by atoms with Crippen molar-refractivity contribution in [3.05, 3.63) is 58.3 Å². The number of guanidine groups is 1. The van der Waals surface area contributed by atoms with Gasteiger partial charge in [-0.3, -0.25) is 9.56 Å². The van der Waals surface area contributed by atoms with Crippen molar-refractivity contribution < 1.29 is 4.74 Å². The molecule has 1 aliphatic rings. The van der Waals surface area contributed by atoms with Gasteiger partial charge in [0.05, 0.1) is 18.4 Å². The minimum Gasteiger partial charge on any atom is -0.374 e. The fraction of sp³-hybridized carbons (Fsp3) is 0.409. The number of aromatic amines is 1. The van der Waals surface area contributed by atoms with Crippen LogP contribution < -0.4 is 22.5 Å². The van der Waals surface area contributed by atoms with Gasteiger partial charge in [0.1, 0.15) is 5.65 Å². The molecule has 6 N–H and O–H groups in total. The third kappa shape index (κ3) is 5.12. The quantitative estimate of drug-likeness (QED) is 0.319. The Morgan fingerprint density at radius 1 is 1.35 bits per heavy atom. The summed E-state index contributed by atoms with van der Waals surface area (Å²) in [6, 6.07) is 9.84. The number of aliphatic imine (C=N–C) groups is 1. The van der Waals surface area contributed by atoms with Crippen molar-refractivity contribution in [1.82, 2.24) is 19.9 Å². The molecule has 1 fully saturated rings. The zero-order valence-electron chi connectivity index (χ0n) is 17.7. The largest absolute Gasteiger partial charge is 0.374 e. The number of H-pyrrole nitrogens is 1. The molecule has 31 heavy (non-hydrogen) atoms. The first kappa shape index (κ1) is 21.1. The highest BCUT2D eigenvalue weighted by atomic mass is 16.5. The van der Waals surface area contributed by atoms with Gasteiger partial charge in [0.2, 0.25) is 0 Å². The van der Waals surface area contributed by atoms with Crippen LogP contribution in [0.3, 0.4) is 0 Å². The highest BCUT2D eigenvalue weighted by molar-refractivity contribution is 5.76. The summed E-state index contributed by atoms with van der Waals surface area (Å²) in [4.78, 5) is 24.1. The van der Waals surface area contributed by atoms with Crippen LogP contribution >= 0.6 is 0 Å². The van der Waals surface area contributed by atoms with Crippen LogP contribution in [0.5, 0.6) is 0 Å². The van der Waals surface area contributed by atoms with Crippen molar-refractivity contribution >= 4 is 17.0 Å². The molecular weight excluding hydrogens is 394 g/mol. The molecule has 1 saturated heterocycles. The number of aromatic nitrogens is 3. The summed E-state index contributed by atoms with van der Waals surface area (Å²) < 4.78 is 7.43. The molecule has 1 aliphatic heterocycles. The van der Waals surface area contributed by atoms with Gasteiger partial charge in [-0.2, -0.15) is 4.98 Å². The van der Waals surface area contributed by atoms with Crippen LogP contribution in [-0.4, -0.2) is 46.2 Å². The van der Waals surface area contributed by atoms with Crippen LogP contribution in [0.2, 0.25) is 0 Å². The second-order valence-corrected chi connectivity index (χ2v) is 8.00. The van der Waals surface area contributed by atoms with Crippen LogP contribution in [0.25, 0.3) is 16.7 Å². The van der Waals surface area contributed by atoms with E-state index in [1.165, 1.54) is 0 Å². The smallest absolute Gasteiger partial charge is 0.354 e. The van der Waals surface area contributed by atoms with E-state index in [4.69, 9.17) is 16.2 Å². The molecule has 0 radical (unpaired) electrons. The highest BCUT2D eigenvalue weighted by Crippen LogP contribution is 2.24. The molecule has 0 saturated carbocycles. The lowest BCUT2D eigenvalue weighted by atomic mass is 10.1. The average Bonchev–Trinajstić information content (AvgIpc) is 3.41. The molecule has 4 rings (SSSR count). The summed E-state index contributed by atoms with van der Waals surface area (Å²) in [5, 5.41) is 4.30. The maximum absolute atomic E-state index is 12.6. The first-order valence-corrected chi connectivity index (χ1v) is 10.6. The van der Waals surface area contributed by atoms with Gasteiger partial charge < -0.3 is 26.5 Å². The van der Waals surface area contributed by atoms with Gasteiger partial charge in [0, 0.05) is 36.3 Å². The predicted molar refractivity (Wildman–Crippen MR) is 121 cm³/mol. The van der Waals surface area contributed by atoms with Gasteiger partial charge in [0.15, 0.2) is 5.96 Å². The monoisotopic (exact) mass is 423 g/mol. The number of nitrogens with one attached hydrogen (secondary N) is 2. The molecule has 0 unspecified atom stereocenters. The number of ether oxygens (including phenoxy) is 1. The summed E-state index contributed by atoms with van der Waals surface area (Å²) >= 11 is 0. The number of benzene rings is 1. The van der Waals surface area contributed by atoms with Crippen molar-refractivity contribution in [1.29, 1.82) is 0 Å². The van der Waals surface area contributed by atoms with Gasteiger partial charge in [-0.05, 0) is 50.1 Å². The number of hydrogen-bond donors (Lipinski definition) is 4. The van der Waals surface area contributed by atoms with E-state index < -0.39 is 0 Å². The number of hydrogen-bond acceptors (Lipinski definition) is 5. The molecule has 9 nitrogen and oxygen atoms in total. The predicted octanol–water partition coefficient (Wildman–Crippen LogP) is 1.36. The molecule has 0 spiro atoms. The third-order valence-corrected chi connectivity index (χ3v) is 5.61. The van der Waals surface area contributed by atoms with Gasteiger partial charge in [-0.1, -0.05) is 12.1 Å². The second kappa shape index (κ2) is 9.32. The summed E-state index contributed by atoms with van der Waals surface area (Å²) in [6.45, 7) is 4.98. The molecule has 1 aromatic carbocycles. The number of fused-ring (bicyclic) bond motifs is 1. The standard InChI is InChI=1S/C22H29N7O2/c1-14(6-9-26-21(23)24)31-13-15-2-4-18(5-3-15)29-12-17-10-19(16-7-8-25-11-16)27-20(17)28-22(29)30/h2-5,10,12,14,16,25H,6-9,11,13H2,1H3,(H4,23,24,26)(H,27,28,30)/t14-,16+/m0/s1. The topological polar surface area (TPSA) is 136 Å². The van der Waals surface area contributed by atoms with E-state index in [0.29, 0.717) is 24.7 Å². The lowest BCUT2D eigenvalue weighted by Gasteiger charge is -2.12. The van der Waals surface area contributed by atoms with Crippen molar-refractivity contribution in [3.8, 4) is 5.69 Å². The van der Waals surface area contributed by atoms with Gasteiger partial charge in [-0.15, -0.1) is 0 Å². The Bertz CT molecular complexity index is 1110. The molecule has 2 atom stereocenters. The van der Waals surface area contributed by atoms with Gasteiger partial charge in [0.25, 0.3) is 0 Å². The molecule has 3 aromatic rings. The first-order valence-electron chi connectivity index (χ1n) is 10.6. The SMILES string of the molecule is C[C@@H](CCN=C(N)N)OCc1ccc(-n2cc3cc([C@@H]4CCNC4)[nH]c3nc2=O)cc1. The zero-order valence-corrected chi connectivity index (χ0v) is 17.7. The molecular formula is C22H29N7O2. The number of rotatable bonds is 8. The van der Waals surface area contributed by atoms with Crippen molar-refractivity contribution in [2.75, 3.05) is 19.6 Å². The molecule has 3 heterocycles. The third-order valence-electron chi connectivity index (χ3n) is 5.61. The number of nitrogens with zero attached hydrogens (tertiary/aromatic N) is 3. The molecule has 0 aliphatic carbocycles. The zero-order chi connectivity index (χ0) is 21.8. The molecule has 9 heteroatoms. The van der Waals surface area contributed by atoms with Crippen LogP contribution in [0, 0.1) is 0 Å². The number of nitrogens with two attached hydrogens (primary N) is 2. The van der Waals surface area contributed by atoms with E-state index in [2.05, 4.69) is 26.3 Å². The molecule has 0 amide bonds. The van der Waals surface area contributed by atoms with E-state index in [-0.39, 0.29) is 17.8 Å². The van der Waals surface area contributed by atoms with Gasteiger partial charge >= 0.3 is 5.69 Å². The lowest BCUT2D eigenvalue weighted by molar-refractivity contribution is 0.0493. The Kier molecular flexibility index (Phi) is 6.34. The van der Waals surface area contributed by atoms with Crippen LogP contribution in [0.4, 0.5) is 0 Å². The Morgan fingerprint density at radius 2 is 2.16 bits per heavy atom. The first-order chi connectivity index (χ1) is 15.0. The van der Waals surface area contributed by atoms with E-state index in [1.54, 1.807) is 4.57 Å². The summed E-state index contributed by atoms with van der Waals surface area (Å²) in [7, 11) is 0. The lowest BCUT2D eigenvalue weighted by Crippen LogP contribution is -2.23. The highest BCUT2D eigenvalue weighted by Gasteiger charge is 2.19. The van der Waals surface area contributed by atoms with Crippen LogP contribution in [0.1, 0.15) is 36.9 Å². The minimum absolute atomic E-state index is 0.0369. The van der Waals surface area contributed by atoms with Crippen LogP contribution in [0.15, 0.2) is 46.3 Å². The van der Waals surface area contributed by atoms with E-state index in [0.717, 1.165) is 48.3 Å². The van der Waals surface area contributed by atoms with E-state index >= 15 is 0 Å². The molecule has 2 aromatic heterocycles. The summed E-state index contributed by atoms with van der Waals surface area (Å²) in [6.07, 6.45) is 3.72. The van der Waals surface area contributed by atoms with E-state index in [9.17, 15) is 4.79 Å². The normalized spacial score (nSPS) is 17.1. The van der Waals surface area contributed by atoms with Crippen molar-refractivity contribution in [2.45, 2.75) is 38.4 Å². The van der Waals surface area contributed by atoms with Crippen molar-refractivity contribution in [2.24, 2.45) is 16.5 Å². The summed E-state index contributed by atoms with van der Waals surface area (Å²) in [5.41, 5.74) is 13.9. The second-order valence-electron chi connectivity index (χ2n) is 8.00. The fourth-order valence-corrected chi connectivity index (χ4v) is 3.79. The Labute approximate surface area is 180 Å². The fourth-order valence-electron chi connectivity index (χ4n) is 3.79. The Balaban J connectivity index is 1.44. The molecule has 0 bridgehead atoms. The average molecular weight is 424 g/mol. The van der Waals surface area contributed by atoms with Crippen LogP contribution in [-0.2, 0) is 11.3 Å².